The molecule has 0 amide bonds. The van der Waals surface area contributed by atoms with Crippen molar-refractivity contribution in [3.63, 3.8) is 0 Å². The van der Waals surface area contributed by atoms with Gasteiger partial charge in [0.2, 0.25) is 0 Å². The van der Waals surface area contributed by atoms with E-state index in [4.69, 9.17) is 5.73 Å². The highest BCUT2D eigenvalue weighted by atomic mass is 15.1. The van der Waals surface area contributed by atoms with Crippen molar-refractivity contribution in [2.24, 2.45) is 0 Å². The number of fused-ring (bicyclic) bond motifs is 3. The molecule has 0 aliphatic carbocycles. The molecule has 6 nitrogen and oxygen atoms in total. The van der Waals surface area contributed by atoms with Gasteiger partial charge in [-0.3, -0.25) is 4.40 Å². The topological polar surface area (TPSA) is 94.1 Å². The standard InChI is InChI=1S/C21H16N6/c1-26(2)14-9-7-13(8-10-14)19-15(11-22)20(24)27-18-6-4-3-5-17(18)25-21(27)16(19)12-23/h3-10H,24H2,1-2H3. The van der Waals surface area contributed by atoms with Crippen LogP contribution in [0.3, 0.4) is 0 Å². The van der Waals surface area contributed by atoms with Crippen LogP contribution in [0.1, 0.15) is 11.1 Å². The number of pyridine rings is 1. The molecule has 0 aliphatic heterocycles. The third-order valence-corrected chi connectivity index (χ3v) is 4.68. The third kappa shape index (κ3) is 2.36. The van der Waals surface area contributed by atoms with Gasteiger partial charge in [-0.15, -0.1) is 0 Å². The van der Waals surface area contributed by atoms with E-state index >= 15 is 0 Å². The van der Waals surface area contributed by atoms with Gasteiger partial charge >= 0.3 is 0 Å². The average molecular weight is 352 g/mol. The number of hydrogen-bond donors (Lipinski definition) is 1. The van der Waals surface area contributed by atoms with Crippen molar-refractivity contribution >= 4 is 28.2 Å². The number of nitriles is 2. The fourth-order valence-corrected chi connectivity index (χ4v) is 3.35. The molecule has 0 unspecified atom stereocenters. The van der Waals surface area contributed by atoms with Crippen molar-refractivity contribution in [2.75, 3.05) is 24.7 Å². The van der Waals surface area contributed by atoms with Gasteiger partial charge in [-0.1, -0.05) is 24.3 Å². The Balaban J connectivity index is 2.13. The molecule has 2 N–H and O–H groups in total. The number of imidazole rings is 1. The van der Waals surface area contributed by atoms with Crippen molar-refractivity contribution < 1.29 is 0 Å². The molecule has 2 heterocycles. The number of rotatable bonds is 2. The molecular formula is C21H16N6. The van der Waals surface area contributed by atoms with Crippen LogP contribution in [-0.2, 0) is 0 Å². The van der Waals surface area contributed by atoms with E-state index in [0.717, 1.165) is 22.3 Å². The minimum Gasteiger partial charge on any atom is -0.384 e. The minimum absolute atomic E-state index is 0.278. The maximum absolute atomic E-state index is 9.89. The van der Waals surface area contributed by atoms with Crippen LogP contribution in [-0.4, -0.2) is 23.5 Å². The highest BCUT2D eigenvalue weighted by molar-refractivity contribution is 5.92. The monoisotopic (exact) mass is 352 g/mol. The van der Waals surface area contributed by atoms with Gasteiger partial charge in [-0.25, -0.2) is 4.98 Å². The summed E-state index contributed by atoms with van der Waals surface area (Å²) in [6.45, 7) is 0. The Hall–Kier alpha value is -4.03. The summed E-state index contributed by atoms with van der Waals surface area (Å²) < 4.78 is 1.68. The molecule has 0 fully saturated rings. The molecule has 6 heteroatoms. The highest BCUT2D eigenvalue weighted by Crippen LogP contribution is 2.36. The second-order valence-electron chi connectivity index (χ2n) is 6.43. The van der Waals surface area contributed by atoms with Crippen LogP contribution < -0.4 is 10.6 Å². The zero-order valence-corrected chi connectivity index (χ0v) is 14.9. The van der Waals surface area contributed by atoms with Gasteiger partial charge in [0.1, 0.15) is 29.1 Å². The summed E-state index contributed by atoms with van der Waals surface area (Å²) in [6, 6.07) is 19.6. The summed E-state index contributed by atoms with van der Waals surface area (Å²) in [5.74, 6) is 0.284. The van der Waals surface area contributed by atoms with Gasteiger partial charge in [0.25, 0.3) is 0 Å². The average Bonchev–Trinajstić information content (AvgIpc) is 3.07. The summed E-state index contributed by atoms with van der Waals surface area (Å²) in [4.78, 5) is 6.58. The second-order valence-corrected chi connectivity index (χ2v) is 6.43. The zero-order chi connectivity index (χ0) is 19.1. The smallest absolute Gasteiger partial charge is 0.158 e. The molecule has 0 aliphatic rings. The SMILES string of the molecule is CN(C)c1ccc(-c2c(C#N)c(N)n3c(nc4ccccc43)c2C#N)cc1. The van der Waals surface area contributed by atoms with Crippen molar-refractivity contribution in [3.8, 4) is 23.3 Å². The Bertz CT molecular complexity index is 1270. The predicted octanol–water partition coefficient (Wildman–Crippen LogP) is 3.55. The van der Waals surface area contributed by atoms with E-state index in [-0.39, 0.29) is 11.4 Å². The molecule has 2 aromatic carbocycles. The van der Waals surface area contributed by atoms with Gasteiger partial charge in [-0.05, 0) is 29.8 Å². The quantitative estimate of drug-likeness (QED) is 0.595. The maximum atomic E-state index is 9.89. The number of benzene rings is 2. The number of hydrogen-bond acceptors (Lipinski definition) is 5. The van der Waals surface area contributed by atoms with E-state index in [1.807, 2.05) is 67.5 Å². The number of nitrogen functional groups attached to an aromatic ring is 1. The van der Waals surface area contributed by atoms with Crippen molar-refractivity contribution in [2.45, 2.75) is 0 Å². The number of nitrogens with zero attached hydrogens (tertiary/aromatic N) is 5. The predicted molar refractivity (Wildman–Crippen MR) is 106 cm³/mol. The molecular weight excluding hydrogens is 336 g/mol. The van der Waals surface area contributed by atoms with Gasteiger partial charge < -0.3 is 10.6 Å². The van der Waals surface area contributed by atoms with E-state index in [1.54, 1.807) is 4.40 Å². The Morgan fingerprint density at radius 2 is 1.63 bits per heavy atom. The lowest BCUT2D eigenvalue weighted by Crippen LogP contribution is -2.08. The molecule has 0 saturated carbocycles. The molecule has 0 atom stereocenters. The van der Waals surface area contributed by atoms with Gasteiger partial charge in [-0.2, -0.15) is 10.5 Å². The summed E-state index contributed by atoms with van der Waals surface area (Å²) >= 11 is 0. The van der Waals surface area contributed by atoms with E-state index < -0.39 is 0 Å². The van der Waals surface area contributed by atoms with Crippen LogP contribution in [0.2, 0.25) is 0 Å². The molecule has 4 aromatic rings. The van der Waals surface area contributed by atoms with E-state index in [0.29, 0.717) is 16.8 Å². The van der Waals surface area contributed by atoms with Crippen molar-refractivity contribution in [3.05, 3.63) is 59.7 Å². The Morgan fingerprint density at radius 1 is 0.963 bits per heavy atom. The van der Waals surface area contributed by atoms with Crippen molar-refractivity contribution in [1.29, 1.82) is 10.5 Å². The number of anilines is 2. The van der Waals surface area contributed by atoms with Crippen LogP contribution in [0.4, 0.5) is 11.5 Å². The minimum atomic E-state index is 0.278. The number of nitrogens with two attached hydrogens (primary N) is 1. The lowest BCUT2D eigenvalue weighted by Gasteiger charge is -2.15. The zero-order valence-electron chi connectivity index (χ0n) is 14.9. The third-order valence-electron chi connectivity index (χ3n) is 4.68. The molecule has 2 aromatic heterocycles. The molecule has 4 rings (SSSR count). The first kappa shape index (κ1) is 16.4. The Kier molecular flexibility index (Phi) is 3.68. The Morgan fingerprint density at radius 3 is 2.26 bits per heavy atom. The van der Waals surface area contributed by atoms with Crippen LogP contribution in [0.5, 0.6) is 0 Å². The lowest BCUT2D eigenvalue weighted by atomic mass is 9.96. The number of aromatic nitrogens is 2. The second kappa shape index (κ2) is 6.05. The fourth-order valence-electron chi connectivity index (χ4n) is 3.35. The molecule has 0 bridgehead atoms. The number of para-hydroxylation sites is 2. The molecule has 0 radical (unpaired) electrons. The summed E-state index contributed by atoms with van der Waals surface area (Å²) in [6.07, 6.45) is 0. The van der Waals surface area contributed by atoms with Crippen molar-refractivity contribution in [1.82, 2.24) is 9.38 Å². The highest BCUT2D eigenvalue weighted by Gasteiger charge is 2.22. The first-order valence-corrected chi connectivity index (χ1v) is 8.37. The van der Waals surface area contributed by atoms with E-state index in [2.05, 4.69) is 17.1 Å². The first-order valence-electron chi connectivity index (χ1n) is 8.37. The molecule has 0 saturated heterocycles. The van der Waals surface area contributed by atoms with Crippen LogP contribution in [0.25, 0.3) is 27.8 Å². The first-order chi connectivity index (χ1) is 13.1. The van der Waals surface area contributed by atoms with Crippen LogP contribution in [0.15, 0.2) is 48.5 Å². The van der Waals surface area contributed by atoms with Gasteiger partial charge in [0, 0.05) is 25.3 Å². The summed E-state index contributed by atoms with van der Waals surface area (Å²) in [5.41, 5.74) is 11.2. The fraction of sp³-hybridized carbons (Fsp3) is 0.0952. The Labute approximate surface area is 156 Å². The summed E-state index contributed by atoms with van der Waals surface area (Å²) in [5, 5.41) is 19.7. The lowest BCUT2D eigenvalue weighted by molar-refractivity contribution is 1.13. The van der Waals surface area contributed by atoms with Crippen LogP contribution in [0, 0.1) is 22.7 Å². The van der Waals surface area contributed by atoms with Crippen LogP contribution >= 0.6 is 0 Å². The molecule has 27 heavy (non-hydrogen) atoms. The van der Waals surface area contributed by atoms with Gasteiger partial charge in [0.15, 0.2) is 5.65 Å². The maximum Gasteiger partial charge on any atom is 0.158 e. The normalized spacial score (nSPS) is 10.7. The molecule has 130 valence electrons. The van der Waals surface area contributed by atoms with Gasteiger partial charge in [0.05, 0.1) is 11.0 Å². The molecule has 0 spiro atoms. The van der Waals surface area contributed by atoms with E-state index in [1.165, 1.54) is 0 Å². The van der Waals surface area contributed by atoms with E-state index in [9.17, 15) is 10.5 Å². The largest absolute Gasteiger partial charge is 0.384 e. The summed E-state index contributed by atoms with van der Waals surface area (Å²) in [7, 11) is 3.91.